The van der Waals surface area contributed by atoms with Crippen molar-refractivity contribution >= 4 is 5.96 Å². The Morgan fingerprint density at radius 3 is 2.96 bits per heavy atom. The number of nitrogens with one attached hydrogen (secondary N) is 1. The minimum Gasteiger partial charge on any atom is -0.375 e. The molecule has 2 saturated heterocycles. The number of aryl methyl sites for hydroxylation is 1. The highest BCUT2D eigenvalue weighted by molar-refractivity contribution is 5.80. The fraction of sp³-hybridized carbons (Fsp3) is 0.800. The molecule has 2 aliphatic heterocycles. The van der Waals surface area contributed by atoms with Crippen LogP contribution in [0, 0.1) is 0 Å². The van der Waals surface area contributed by atoms with Gasteiger partial charge in [0.25, 0.3) is 0 Å². The van der Waals surface area contributed by atoms with Crippen molar-refractivity contribution in [3.05, 3.63) is 12.2 Å². The van der Waals surface area contributed by atoms with E-state index in [1.807, 2.05) is 11.6 Å². The zero-order chi connectivity index (χ0) is 16.1. The molecule has 128 valence electrons. The van der Waals surface area contributed by atoms with E-state index in [-0.39, 0.29) is 12.2 Å². The van der Waals surface area contributed by atoms with Gasteiger partial charge in [-0.15, -0.1) is 10.2 Å². The van der Waals surface area contributed by atoms with Crippen LogP contribution in [0.5, 0.6) is 0 Å². The molecule has 1 aromatic heterocycles. The van der Waals surface area contributed by atoms with Gasteiger partial charge in [-0.25, -0.2) is 4.99 Å². The SMILES string of the molecule is CCNC(=NCc1nncn1C)N1CCOC(C2CCCO2)C1. The molecule has 3 heterocycles. The smallest absolute Gasteiger partial charge is 0.194 e. The molecule has 0 bridgehead atoms. The molecule has 2 aliphatic rings. The molecule has 0 saturated carbocycles. The van der Waals surface area contributed by atoms with Crippen LogP contribution in [-0.2, 0) is 23.1 Å². The molecule has 1 N–H and O–H groups in total. The molecule has 3 rings (SSSR count). The second kappa shape index (κ2) is 7.74. The lowest BCUT2D eigenvalue weighted by Crippen LogP contribution is -2.53. The molecule has 1 aromatic rings. The Kier molecular flexibility index (Phi) is 5.45. The van der Waals surface area contributed by atoms with Gasteiger partial charge in [0.15, 0.2) is 11.8 Å². The van der Waals surface area contributed by atoms with Crippen LogP contribution >= 0.6 is 0 Å². The van der Waals surface area contributed by atoms with E-state index in [2.05, 4.69) is 27.3 Å². The average Bonchev–Trinajstić information content (AvgIpc) is 3.23. The fourth-order valence-electron chi connectivity index (χ4n) is 3.01. The van der Waals surface area contributed by atoms with E-state index in [0.717, 1.165) is 50.9 Å². The third kappa shape index (κ3) is 4.00. The van der Waals surface area contributed by atoms with Gasteiger partial charge in [0.2, 0.25) is 0 Å². The Morgan fingerprint density at radius 2 is 2.26 bits per heavy atom. The summed E-state index contributed by atoms with van der Waals surface area (Å²) in [5, 5.41) is 11.3. The molecule has 8 nitrogen and oxygen atoms in total. The Balaban J connectivity index is 1.65. The molecule has 23 heavy (non-hydrogen) atoms. The summed E-state index contributed by atoms with van der Waals surface area (Å²) in [6.07, 6.45) is 4.26. The number of hydrogen-bond acceptors (Lipinski definition) is 5. The molecular weight excluding hydrogens is 296 g/mol. The first kappa shape index (κ1) is 16.2. The van der Waals surface area contributed by atoms with Gasteiger partial charge < -0.3 is 24.3 Å². The largest absolute Gasteiger partial charge is 0.375 e. The molecule has 0 aliphatic carbocycles. The summed E-state index contributed by atoms with van der Waals surface area (Å²) >= 11 is 0. The maximum Gasteiger partial charge on any atom is 0.194 e. The van der Waals surface area contributed by atoms with Gasteiger partial charge in [-0.1, -0.05) is 0 Å². The maximum absolute atomic E-state index is 5.91. The van der Waals surface area contributed by atoms with Crippen LogP contribution < -0.4 is 5.32 Å². The molecule has 0 spiro atoms. The predicted molar refractivity (Wildman–Crippen MR) is 86.1 cm³/mol. The van der Waals surface area contributed by atoms with E-state index in [0.29, 0.717) is 13.2 Å². The first-order valence-electron chi connectivity index (χ1n) is 8.37. The summed E-state index contributed by atoms with van der Waals surface area (Å²) in [5.74, 6) is 1.76. The monoisotopic (exact) mass is 322 g/mol. The van der Waals surface area contributed by atoms with Crippen LogP contribution in [-0.4, -0.2) is 70.7 Å². The number of aromatic nitrogens is 3. The fourth-order valence-corrected chi connectivity index (χ4v) is 3.01. The van der Waals surface area contributed by atoms with Gasteiger partial charge in [-0.05, 0) is 19.8 Å². The number of ether oxygens (including phenoxy) is 2. The van der Waals surface area contributed by atoms with Crippen LogP contribution in [0.25, 0.3) is 0 Å². The van der Waals surface area contributed by atoms with E-state index in [1.54, 1.807) is 6.33 Å². The first-order chi connectivity index (χ1) is 11.3. The van der Waals surface area contributed by atoms with Crippen molar-refractivity contribution in [1.29, 1.82) is 0 Å². The van der Waals surface area contributed by atoms with Gasteiger partial charge >= 0.3 is 0 Å². The van der Waals surface area contributed by atoms with Gasteiger partial charge in [0.05, 0.1) is 12.7 Å². The van der Waals surface area contributed by atoms with Crippen molar-refractivity contribution in [2.45, 2.75) is 38.5 Å². The van der Waals surface area contributed by atoms with E-state index >= 15 is 0 Å². The first-order valence-corrected chi connectivity index (χ1v) is 8.37. The summed E-state index contributed by atoms with van der Waals surface area (Å²) in [6, 6.07) is 0. The molecular formula is C15H26N6O2. The summed E-state index contributed by atoms with van der Waals surface area (Å²) < 4.78 is 13.6. The van der Waals surface area contributed by atoms with E-state index in [9.17, 15) is 0 Å². The minimum absolute atomic E-state index is 0.130. The molecule has 2 unspecified atom stereocenters. The second-order valence-electron chi connectivity index (χ2n) is 5.93. The molecule has 2 fully saturated rings. The lowest BCUT2D eigenvalue weighted by Gasteiger charge is -2.37. The number of guanidine groups is 1. The third-order valence-corrected chi connectivity index (χ3v) is 4.28. The Morgan fingerprint density at radius 1 is 1.39 bits per heavy atom. The lowest BCUT2D eigenvalue weighted by atomic mass is 10.1. The summed E-state index contributed by atoms with van der Waals surface area (Å²) in [5.41, 5.74) is 0. The second-order valence-corrected chi connectivity index (χ2v) is 5.93. The molecule has 2 atom stereocenters. The lowest BCUT2D eigenvalue weighted by molar-refractivity contribution is -0.0817. The predicted octanol–water partition coefficient (Wildman–Crippen LogP) is 0.160. The number of rotatable bonds is 4. The molecule has 0 amide bonds. The topological polar surface area (TPSA) is 76.8 Å². The maximum atomic E-state index is 5.91. The van der Waals surface area contributed by atoms with Crippen molar-refractivity contribution in [2.24, 2.45) is 12.0 Å². The summed E-state index contributed by atoms with van der Waals surface area (Å²) in [7, 11) is 1.93. The van der Waals surface area contributed by atoms with E-state index < -0.39 is 0 Å². The summed E-state index contributed by atoms with van der Waals surface area (Å²) in [4.78, 5) is 6.97. The van der Waals surface area contributed by atoms with Crippen molar-refractivity contribution in [3.8, 4) is 0 Å². The Hall–Kier alpha value is -1.67. The highest BCUT2D eigenvalue weighted by Gasteiger charge is 2.32. The van der Waals surface area contributed by atoms with Crippen molar-refractivity contribution in [2.75, 3.05) is 32.8 Å². The van der Waals surface area contributed by atoms with Crippen molar-refractivity contribution in [1.82, 2.24) is 25.0 Å². The van der Waals surface area contributed by atoms with Gasteiger partial charge in [-0.3, -0.25) is 0 Å². The van der Waals surface area contributed by atoms with Crippen LogP contribution in [0.1, 0.15) is 25.6 Å². The quantitative estimate of drug-likeness (QED) is 0.629. The normalized spacial score (nSPS) is 25.8. The van der Waals surface area contributed by atoms with E-state index in [1.165, 1.54) is 0 Å². The highest BCUT2D eigenvalue weighted by Crippen LogP contribution is 2.21. The zero-order valence-electron chi connectivity index (χ0n) is 13.9. The zero-order valence-corrected chi connectivity index (χ0v) is 13.9. The number of aliphatic imine (C=N–C) groups is 1. The average molecular weight is 322 g/mol. The van der Waals surface area contributed by atoms with Crippen molar-refractivity contribution in [3.63, 3.8) is 0 Å². The Bertz CT molecular complexity index is 526. The van der Waals surface area contributed by atoms with Crippen molar-refractivity contribution < 1.29 is 9.47 Å². The van der Waals surface area contributed by atoms with Gasteiger partial charge in [0, 0.05) is 33.3 Å². The van der Waals surface area contributed by atoms with Crippen LogP contribution in [0.15, 0.2) is 11.3 Å². The Labute approximate surface area is 136 Å². The van der Waals surface area contributed by atoms with Crippen LogP contribution in [0.4, 0.5) is 0 Å². The van der Waals surface area contributed by atoms with Crippen LogP contribution in [0.2, 0.25) is 0 Å². The van der Waals surface area contributed by atoms with Crippen LogP contribution in [0.3, 0.4) is 0 Å². The summed E-state index contributed by atoms with van der Waals surface area (Å²) in [6.45, 7) is 6.64. The highest BCUT2D eigenvalue weighted by atomic mass is 16.5. The van der Waals surface area contributed by atoms with E-state index in [4.69, 9.17) is 14.5 Å². The number of nitrogens with zero attached hydrogens (tertiary/aromatic N) is 5. The number of morpholine rings is 1. The number of hydrogen-bond donors (Lipinski definition) is 1. The molecule has 0 aromatic carbocycles. The third-order valence-electron chi connectivity index (χ3n) is 4.28. The molecule has 8 heteroatoms. The van der Waals surface area contributed by atoms with Gasteiger partial charge in [-0.2, -0.15) is 0 Å². The standard InChI is InChI=1S/C15H26N6O2/c1-3-16-15(17-9-14-19-18-11-20(14)2)21-6-8-23-13(10-21)12-5-4-7-22-12/h11-13H,3-10H2,1-2H3,(H,16,17). The van der Waals surface area contributed by atoms with Gasteiger partial charge in [0.1, 0.15) is 19.0 Å². The molecule has 0 radical (unpaired) electrons. The minimum atomic E-state index is 0.130.